The number of nitrogens with zero attached hydrogens (tertiary/aromatic N) is 1. The SMILES string of the molecule is BrCC1CCCCC1.CNC(=O)c1c(-c2ccc(F)cc2)oc2cc(N(CC3CCCCC3)S(C)(=O)=O)c(-c3ccccc3)cc12.CNC(=O)c1c(-c2ccc(F)cc2)oc2cc(NS(C)(=O)=O)c(-c3ccccc3)cc12.O=CO[O-].[H-].[K+].[K+]. The Morgan fingerprint density at radius 1 is 0.639 bits per heavy atom. The van der Waals surface area contributed by atoms with Gasteiger partial charge in [0.05, 0.1) is 35.0 Å². The standard InChI is InChI=1S/C30H31FN2O4S.C23H19FN2O4S.C7H13Br.CH2O3.2K.H/c1-32-30(34)28-25-17-24(21-11-7-4-8-12-21)26(33(38(2,35)36)19-20-9-5-3-6-10-20)18-27(25)37-29(28)22-13-15-23(31)16-14-22;1-25-23(27)21-18-12-17(14-6-4-3-5-7-14)19(26-31(2,28)29)13-20(18)30-22(21)15-8-10-16(24)11-9-15;8-6-7-4-2-1-3-5-7;2-1-4-3;;;/h4,7-8,11-18,20H,3,5-6,9-10,19H2,1-2H3,(H,32,34);3-13,26H,1-2H3,(H,25,27);7H,1-6H2;1,3H;;;/q;;;;2*+1;-1/p-1. The molecule has 0 unspecified atom stereocenters. The van der Waals surface area contributed by atoms with Crippen LogP contribution in [0.1, 0.15) is 86.4 Å². The molecule has 0 bridgehead atoms. The maximum Gasteiger partial charge on any atom is 1.00 e. The van der Waals surface area contributed by atoms with E-state index in [1.165, 1.54) is 105 Å². The minimum atomic E-state index is -3.63. The van der Waals surface area contributed by atoms with Crippen LogP contribution in [0.2, 0.25) is 0 Å². The summed E-state index contributed by atoms with van der Waals surface area (Å²) in [6.45, 7) is 0.206. The van der Waals surface area contributed by atoms with E-state index in [0.29, 0.717) is 73.4 Å². The van der Waals surface area contributed by atoms with Crippen LogP contribution in [0.15, 0.2) is 142 Å². The summed E-state index contributed by atoms with van der Waals surface area (Å²) in [4.78, 5) is 37.1. The number of sulfonamides is 2. The molecule has 0 radical (unpaired) electrons. The van der Waals surface area contributed by atoms with Crippen molar-refractivity contribution in [3.05, 3.63) is 156 Å². The summed E-state index contributed by atoms with van der Waals surface area (Å²) >= 11 is 3.51. The van der Waals surface area contributed by atoms with E-state index in [1.807, 2.05) is 66.7 Å². The van der Waals surface area contributed by atoms with E-state index in [2.05, 4.69) is 36.2 Å². The van der Waals surface area contributed by atoms with Crippen LogP contribution in [0.4, 0.5) is 20.2 Å². The Hall–Kier alpha value is -4.12. The number of furan rings is 2. The predicted molar refractivity (Wildman–Crippen MR) is 317 cm³/mol. The Labute approximate surface area is 578 Å². The second-order valence-corrected chi connectivity index (χ2v) is 24.1. The number of alkyl halides is 1. The van der Waals surface area contributed by atoms with Gasteiger partial charge < -0.3 is 31.0 Å². The summed E-state index contributed by atoms with van der Waals surface area (Å²) in [7, 11) is -4.15. The van der Waals surface area contributed by atoms with Crippen LogP contribution in [0.3, 0.4) is 0 Å². The molecular weight excluding hydrogens is 1220 g/mol. The van der Waals surface area contributed by atoms with Crippen molar-refractivity contribution in [1.82, 2.24) is 10.6 Å². The molecule has 0 saturated heterocycles. The zero-order valence-electron chi connectivity index (χ0n) is 48.3. The first-order valence-corrected chi connectivity index (χ1v) is 31.3. The third kappa shape index (κ3) is 18.9. The number of amides is 2. The van der Waals surface area contributed by atoms with Gasteiger partial charge in [-0.1, -0.05) is 115 Å². The molecule has 2 fully saturated rings. The van der Waals surface area contributed by atoms with Gasteiger partial charge in [-0.25, -0.2) is 25.6 Å². The quantitative estimate of drug-likeness (QED) is 0.0340. The molecule has 8 aromatic rings. The van der Waals surface area contributed by atoms with Crippen LogP contribution in [-0.4, -0.2) is 73.6 Å². The fraction of sp³-hybridized carbons (Fsp3) is 0.295. The Kier molecular flexibility index (Phi) is 27.8. The summed E-state index contributed by atoms with van der Waals surface area (Å²) < 4.78 is 93.6. The van der Waals surface area contributed by atoms with Crippen LogP contribution >= 0.6 is 15.9 Å². The number of benzene rings is 6. The normalized spacial score (nSPS) is 13.4. The molecule has 0 spiro atoms. The predicted octanol–water partition coefficient (Wildman–Crippen LogP) is 6.77. The molecule has 2 saturated carbocycles. The van der Waals surface area contributed by atoms with Gasteiger partial charge in [0.25, 0.3) is 18.3 Å². The van der Waals surface area contributed by atoms with E-state index >= 15 is 0 Å². The third-order valence-corrected chi connectivity index (χ3v) is 16.7. The van der Waals surface area contributed by atoms with Crippen molar-refractivity contribution in [2.75, 3.05) is 47.5 Å². The third-order valence-electron chi connectivity index (χ3n) is 14.0. The monoisotopic (exact) mass is 1290 g/mol. The molecule has 2 heterocycles. The number of anilines is 2. The molecular formula is C61H65BrF2K2N4O11S2. The zero-order valence-corrected chi connectivity index (χ0v) is 56.8. The van der Waals surface area contributed by atoms with E-state index in [0.717, 1.165) is 49.0 Å². The Morgan fingerprint density at radius 3 is 1.43 bits per heavy atom. The van der Waals surface area contributed by atoms with Crippen molar-refractivity contribution in [2.24, 2.45) is 11.8 Å². The van der Waals surface area contributed by atoms with E-state index in [9.17, 15) is 35.2 Å². The van der Waals surface area contributed by atoms with Crippen molar-refractivity contribution in [3.8, 4) is 44.9 Å². The van der Waals surface area contributed by atoms with E-state index in [1.54, 1.807) is 30.3 Å². The first-order chi connectivity index (χ1) is 38.9. The smallest absolute Gasteiger partial charge is 1.00 e. The summed E-state index contributed by atoms with van der Waals surface area (Å²) in [6.07, 6.45) is 15.0. The Morgan fingerprint density at radius 2 is 1.05 bits per heavy atom. The molecule has 430 valence electrons. The summed E-state index contributed by atoms with van der Waals surface area (Å²) in [5.74, 6) is 0.310. The molecule has 0 atom stereocenters. The molecule has 10 rings (SSSR count). The molecule has 83 heavy (non-hydrogen) atoms. The average Bonchev–Trinajstić information content (AvgIpc) is 2.98. The number of fused-ring (bicyclic) bond motifs is 2. The van der Waals surface area contributed by atoms with E-state index < -0.39 is 31.7 Å². The van der Waals surface area contributed by atoms with Crippen LogP contribution in [0, 0.1) is 23.5 Å². The van der Waals surface area contributed by atoms with Crippen LogP contribution in [-0.2, 0) is 29.7 Å². The second kappa shape index (κ2) is 33.1. The van der Waals surface area contributed by atoms with Crippen molar-refractivity contribution in [1.29, 1.82) is 0 Å². The van der Waals surface area contributed by atoms with Gasteiger partial charge in [0.15, 0.2) is 0 Å². The second-order valence-electron chi connectivity index (χ2n) is 19.8. The van der Waals surface area contributed by atoms with E-state index in [4.69, 9.17) is 18.9 Å². The first kappa shape index (κ1) is 69.7. The fourth-order valence-corrected chi connectivity index (χ4v) is 12.3. The average molecular weight is 1290 g/mol. The van der Waals surface area contributed by atoms with Crippen molar-refractivity contribution in [3.63, 3.8) is 0 Å². The van der Waals surface area contributed by atoms with Gasteiger partial charge in [-0.15, -0.1) is 0 Å². The number of carbonyl (C=O) groups excluding carboxylic acids is 3. The molecule has 2 aliphatic carbocycles. The van der Waals surface area contributed by atoms with Gasteiger partial charge in [-0.2, -0.15) is 0 Å². The van der Waals surface area contributed by atoms with Gasteiger partial charge in [0.1, 0.15) is 34.3 Å². The van der Waals surface area contributed by atoms with E-state index in [-0.39, 0.29) is 140 Å². The number of hydrogen-bond acceptors (Lipinski definition) is 11. The Balaban J connectivity index is 0.000000295. The van der Waals surface area contributed by atoms with Crippen LogP contribution in [0.5, 0.6) is 0 Å². The van der Waals surface area contributed by atoms with Crippen molar-refractivity contribution < 1.29 is 163 Å². The van der Waals surface area contributed by atoms with Gasteiger partial charge in [0.2, 0.25) is 20.0 Å². The molecule has 0 aliphatic heterocycles. The van der Waals surface area contributed by atoms with Gasteiger partial charge in [0, 0.05) is 71.1 Å². The van der Waals surface area contributed by atoms with Crippen LogP contribution < -0.4 is 128 Å². The number of halogens is 3. The van der Waals surface area contributed by atoms with Gasteiger partial charge >= 0.3 is 103 Å². The maximum absolute atomic E-state index is 13.6. The Bertz CT molecular complexity index is 3670. The van der Waals surface area contributed by atoms with Crippen molar-refractivity contribution in [2.45, 2.75) is 64.2 Å². The summed E-state index contributed by atoms with van der Waals surface area (Å²) in [5.41, 5.74) is 6.09. The molecule has 6 aromatic carbocycles. The minimum absolute atomic E-state index is 0. The molecule has 15 nitrogen and oxygen atoms in total. The molecule has 2 amide bonds. The van der Waals surface area contributed by atoms with Gasteiger partial charge in [-0.3, -0.25) is 23.4 Å². The topological polar surface area (TPSA) is 217 Å². The van der Waals surface area contributed by atoms with Crippen molar-refractivity contribution >= 4 is 87.6 Å². The minimum Gasteiger partial charge on any atom is -1.00 e. The summed E-state index contributed by atoms with van der Waals surface area (Å²) in [6, 6.07) is 36.9. The zero-order chi connectivity index (χ0) is 58.3. The fourth-order valence-electron chi connectivity index (χ4n) is 10.1. The number of carbonyl (C=O) groups is 3. The van der Waals surface area contributed by atoms with Crippen LogP contribution in [0.25, 0.3) is 66.8 Å². The summed E-state index contributed by atoms with van der Waals surface area (Å²) in [5, 5.41) is 16.0. The number of rotatable bonds is 14. The largest absolute Gasteiger partial charge is 1.00 e. The molecule has 2 aliphatic rings. The number of hydrogen-bond donors (Lipinski definition) is 3. The maximum atomic E-state index is 13.6. The molecule has 3 N–H and O–H groups in total. The molecule has 2 aromatic heterocycles. The first-order valence-electron chi connectivity index (χ1n) is 26.4. The number of nitrogens with one attached hydrogen (secondary N) is 3. The van der Waals surface area contributed by atoms with Gasteiger partial charge in [-0.05, 0) is 109 Å². The molecule has 22 heteroatoms.